The Bertz CT molecular complexity index is 1580. The zero-order valence-corrected chi connectivity index (χ0v) is 25.9. The molecule has 0 aliphatic rings. The second kappa shape index (κ2) is 16.8. The Balaban J connectivity index is 1.25. The molecule has 2 heterocycles. The lowest BCUT2D eigenvalue weighted by Gasteiger charge is -2.23. The molecule has 0 bridgehead atoms. The molecule has 0 N–H and O–H groups in total. The van der Waals surface area contributed by atoms with E-state index in [-0.39, 0.29) is 6.61 Å². The molecule has 44 heavy (non-hydrogen) atoms. The summed E-state index contributed by atoms with van der Waals surface area (Å²) in [5.41, 5.74) is 2.48. The number of hydrogen-bond donors (Lipinski definition) is 0. The van der Waals surface area contributed by atoms with Crippen molar-refractivity contribution in [3.8, 4) is 5.75 Å². The minimum Gasteiger partial charge on any atom is -0.493 e. The third kappa shape index (κ3) is 9.92. The van der Waals surface area contributed by atoms with E-state index in [1.807, 2.05) is 54.6 Å². The molecule has 0 unspecified atom stereocenters. The Morgan fingerprint density at radius 2 is 1.48 bits per heavy atom. The summed E-state index contributed by atoms with van der Waals surface area (Å²) >= 11 is 2.87. The van der Waals surface area contributed by atoms with E-state index < -0.39 is 11.9 Å². The van der Waals surface area contributed by atoms with Crippen LogP contribution in [0.2, 0.25) is 0 Å². The van der Waals surface area contributed by atoms with Gasteiger partial charge in [0.05, 0.1) is 35.9 Å². The van der Waals surface area contributed by atoms with Crippen LogP contribution in [-0.2, 0) is 19.1 Å². The van der Waals surface area contributed by atoms with Gasteiger partial charge < -0.3 is 19.1 Å². The van der Waals surface area contributed by atoms with E-state index in [1.165, 1.54) is 28.7 Å². The van der Waals surface area contributed by atoms with Crippen LogP contribution in [0.4, 0.5) is 27.2 Å². The molecular weight excluding hydrogens is 601 g/mol. The molecule has 0 amide bonds. The third-order valence-electron chi connectivity index (χ3n) is 5.97. The zero-order valence-electron chi connectivity index (χ0n) is 24.3. The number of thiophene rings is 1. The molecule has 0 fully saturated rings. The summed E-state index contributed by atoms with van der Waals surface area (Å²) in [6, 6.07) is 17.0. The van der Waals surface area contributed by atoms with Gasteiger partial charge in [-0.15, -0.1) is 20.5 Å². The van der Waals surface area contributed by atoms with E-state index in [2.05, 4.69) is 50.4 Å². The Kier molecular flexibility index (Phi) is 12.3. The van der Waals surface area contributed by atoms with Crippen molar-refractivity contribution in [3.05, 3.63) is 79.9 Å². The van der Waals surface area contributed by atoms with Crippen LogP contribution in [0, 0.1) is 0 Å². The summed E-state index contributed by atoms with van der Waals surface area (Å²) < 4.78 is 16.6. The summed E-state index contributed by atoms with van der Waals surface area (Å²) in [6.07, 6.45) is 3.61. The predicted molar refractivity (Wildman–Crippen MR) is 174 cm³/mol. The van der Waals surface area contributed by atoms with Gasteiger partial charge in [-0.2, -0.15) is 0 Å². The quantitative estimate of drug-likeness (QED) is 0.0493. The maximum absolute atomic E-state index is 11.2. The lowest BCUT2D eigenvalue weighted by Crippen LogP contribution is -2.25. The van der Waals surface area contributed by atoms with Gasteiger partial charge in [0.1, 0.15) is 15.6 Å². The number of ether oxygens (including phenoxy) is 3. The van der Waals surface area contributed by atoms with Crippen molar-refractivity contribution >= 4 is 71.3 Å². The van der Waals surface area contributed by atoms with Gasteiger partial charge in [0.15, 0.2) is 0 Å². The van der Waals surface area contributed by atoms with Crippen LogP contribution in [0.5, 0.6) is 5.75 Å². The van der Waals surface area contributed by atoms with Crippen molar-refractivity contribution in [2.75, 3.05) is 37.8 Å². The van der Waals surface area contributed by atoms with Crippen LogP contribution in [0.15, 0.2) is 100 Å². The monoisotopic (exact) mass is 632 g/mol. The molecule has 2 aromatic carbocycles. The van der Waals surface area contributed by atoms with E-state index in [9.17, 15) is 9.59 Å². The molecule has 0 aliphatic heterocycles. The Morgan fingerprint density at radius 1 is 0.841 bits per heavy atom. The maximum Gasteiger partial charge on any atom is 0.330 e. The Morgan fingerprint density at radius 3 is 2.11 bits per heavy atom. The average Bonchev–Trinajstić information content (AvgIpc) is 3.62. The first-order chi connectivity index (χ1) is 21.5. The van der Waals surface area contributed by atoms with Crippen molar-refractivity contribution in [1.82, 2.24) is 4.98 Å². The summed E-state index contributed by atoms with van der Waals surface area (Å²) in [5, 5.41) is 18.6. The normalized spacial score (nSPS) is 11.2. The van der Waals surface area contributed by atoms with Gasteiger partial charge in [-0.3, -0.25) is 0 Å². The van der Waals surface area contributed by atoms with Gasteiger partial charge in [0, 0.05) is 37.3 Å². The standard InChI is InChI=1S/C31H32N6O5S2/c1-4-28(38)41-18-7-17-37(6-3)24-13-9-22(10-14-24)34-36-31-32-30-26(43-31)21-27(44-30)35-33-23-11-15-25(16-12-23)40-19-8-20-42-29(39)5-2/h4-5,9-16,21H,1-2,6-8,17-20H2,3H3/b35-33+,36-34+. The highest BCUT2D eigenvalue weighted by Gasteiger charge is 2.09. The molecule has 0 radical (unpaired) electrons. The Hall–Kier alpha value is -4.75. The van der Waals surface area contributed by atoms with Gasteiger partial charge in [-0.05, 0) is 67.9 Å². The lowest BCUT2D eigenvalue weighted by molar-refractivity contribution is -0.138. The SMILES string of the molecule is C=CC(=O)OCCCOc1ccc(/N=N/c2cc3sc(/N=N/c4ccc(N(CC)CCCOC(=O)C=C)cc4)nc3s2)cc1. The van der Waals surface area contributed by atoms with Crippen LogP contribution in [-0.4, -0.2) is 49.8 Å². The molecule has 0 saturated carbocycles. The van der Waals surface area contributed by atoms with Crippen molar-refractivity contribution in [1.29, 1.82) is 0 Å². The molecule has 0 aliphatic carbocycles. The number of aromatic nitrogens is 1. The van der Waals surface area contributed by atoms with Gasteiger partial charge in [0.2, 0.25) is 5.13 Å². The molecule has 0 spiro atoms. The summed E-state index contributed by atoms with van der Waals surface area (Å²) in [7, 11) is 0. The first kappa shape index (κ1) is 32.2. The van der Waals surface area contributed by atoms with Gasteiger partial charge in [-0.25, -0.2) is 14.6 Å². The lowest BCUT2D eigenvalue weighted by atomic mass is 10.2. The van der Waals surface area contributed by atoms with Crippen LogP contribution < -0.4 is 9.64 Å². The number of fused-ring (bicyclic) bond motifs is 1. The van der Waals surface area contributed by atoms with Crippen molar-refractivity contribution in [2.45, 2.75) is 19.8 Å². The van der Waals surface area contributed by atoms with Gasteiger partial charge >= 0.3 is 11.9 Å². The summed E-state index contributed by atoms with van der Waals surface area (Å²) in [6.45, 7) is 11.5. The topological polar surface area (TPSA) is 127 Å². The van der Waals surface area contributed by atoms with E-state index in [1.54, 1.807) is 0 Å². The number of nitrogens with zero attached hydrogens (tertiary/aromatic N) is 6. The van der Waals surface area contributed by atoms with Gasteiger partial charge in [-0.1, -0.05) is 35.8 Å². The fraction of sp³-hybridized carbons (Fsp3) is 0.258. The highest BCUT2D eigenvalue weighted by molar-refractivity contribution is 7.30. The number of carbonyl (C=O) groups excluding carboxylic acids is 2. The molecule has 13 heteroatoms. The first-order valence-electron chi connectivity index (χ1n) is 13.9. The minimum atomic E-state index is -0.440. The molecule has 4 aromatic rings. The number of benzene rings is 2. The third-order valence-corrected chi connectivity index (χ3v) is 7.89. The number of thiazole rings is 1. The highest BCUT2D eigenvalue weighted by Crippen LogP contribution is 2.39. The van der Waals surface area contributed by atoms with Crippen molar-refractivity contribution < 1.29 is 23.8 Å². The number of anilines is 1. The summed E-state index contributed by atoms with van der Waals surface area (Å²) in [4.78, 5) is 29.8. The Labute approximate surface area is 263 Å². The number of rotatable bonds is 17. The van der Waals surface area contributed by atoms with Crippen molar-refractivity contribution in [2.24, 2.45) is 20.5 Å². The van der Waals surface area contributed by atoms with E-state index in [4.69, 9.17) is 14.2 Å². The van der Waals surface area contributed by atoms with Crippen LogP contribution in [0.1, 0.15) is 19.8 Å². The molecule has 11 nitrogen and oxygen atoms in total. The van der Waals surface area contributed by atoms with E-state index in [0.717, 1.165) is 51.5 Å². The highest BCUT2D eigenvalue weighted by atomic mass is 32.1. The fourth-order valence-corrected chi connectivity index (χ4v) is 5.64. The molecular formula is C31H32N6O5S2. The largest absolute Gasteiger partial charge is 0.493 e. The molecule has 0 atom stereocenters. The zero-order chi connectivity index (χ0) is 31.1. The fourth-order valence-electron chi connectivity index (χ4n) is 3.79. The number of esters is 2. The summed E-state index contributed by atoms with van der Waals surface area (Å²) in [5.74, 6) is -0.148. The van der Waals surface area contributed by atoms with E-state index >= 15 is 0 Å². The molecule has 228 valence electrons. The maximum atomic E-state index is 11.2. The van der Waals surface area contributed by atoms with E-state index in [0.29, 0.717) is 36.2 Å². The smallest absolute Gasteiger partial charge is 0.330 e. The number of hydrogen-bond acceptors (Lipinski definition) is 13. The second-order valence-corrected chi connectivity index (χ2v) is 11.1. The van der Waals surface area contributed by atoms with Crippen LogP contribution in [0.25, 0.3) is 9.53 Å². The number of azo groups is 2. The predicted octanol–water partition coefficient (Wildman–Crippen LogP) is 8.63. The molecule has 2 aromatic heterocycles. The first-order valence-corrected chi connectivity index (χ1v) is 15.5. The second-order valence-electron chi connectivity index (χ2n) is 9.04. The molecule has 4 rings (SSSR count). The number of carbonyl (C=O) groups is 2. The average molecular weight is 633 g/mol. The van der Waals surface area contributed by atoms with Crippen LogP contribution >= 0.6 is 22.7 Å². The molecule has 0 saturated heterocycles. The van der Waals surface area contributed by atoms with Crippen LogP contribution in [0.3, 0.4) is 0 Å². The van der Waals surface area contributed by atoms with Gasteiger partial charge in [0.25, 0.3) is 0 Å². The minimum absolute atomic E-state index is 0.280. The van der Waals surface area contributed by atoms with Crippen molar-refractivity contribution in [3.63, 3.8) is 0 Å².